The van der Waals surface area contributed by atoms with Crippen molar-refractivity contribution in [3.63, 3.8) is 0 Å². The molecule has 0 atom stereocenters. The van der Waals surface area contributed by atoms with Crippen molar-refractivity contribution in [1.82, 2.24) is 5.32 Å². The van der Waals surface area contributed by atoms with Crippen molar-refractivity contribution in [1.29, 1.82) is 0 Å². The Kier molecular flexibility index (Phi) is 5.89. The summed E-state index contributed by atoms with van der Waals surface area (Å²) in [6.07, 6.45) is 1.49. The molecule has 0 saturated heterocycles. The van der Waals surface area contributed by atoms with Gasteiger partial charge in [0, 0.05) is 12.4 Å². The Morgan fingerprint density at radius 1 is 1.33 bits per heavy atom. The first kappa shape index (κ1) is 17.6. The van der Waals surface area contributed by atoms with Crippen molar-refractivity contribution in [2.24, 2.45) is 5.41 Å². The quantitative estimate of drug-likeness (QED) is 0.621. The van der Waals surface area contributed by atoms with Crippen LogP contribution < -0.4 is 5.32 Å². The minimum atomic E-state index is -1.72. The molecule has 0 spiro atoms. The van der Waals surface area contributed by atoms with Crippen LogP contribution in [0, 0.1) is 22.9 Å². The fraction of sp³-hybridized carbons (Fsp3) is 0.500. The summed E-state index contributed by atoms with van der Waals surface area (Å²) in [7, 11) is 0. The summed E-state index contributed by atoms with van der Waals surface area (Å²) >= 11 is 5.59. The molecule has 0 unspecified atom stereocenters. The third-order valence-corrected chi connectivity index (χ3v) is 3.36. The molecule has 3 nitrogen and oxygen atoms in total. The Hall–Kier alpha value is -1.43. The topological polar surface area (TPSA) is 49.3 Å². The highest BCUT2D eigenvalue weighted by Gasteiger charge is 2.24. The van der Waals surface area contributed by atoms with E-state index in [9.17, 15) is 18.0 Å². The number of carbonyl (C=O) groups is 1. The Morgan fingerprint density at radius 3 is 2.52 bits per heavy atom. The number of carbonyl (C=O) groups excluding carboxylic acids is 1. The van der Waals surface area contributed by atoms with Crippen molar-refractivity contribution in [2.45, 2.75) is 26.7 Å². The number of rotatable bonds is 6. The third-order valence-electron chi connectivity index (χ3n) is 3.09. The van der Waals surface area contributed by atoms with Crippen molar-refractivity contribution >= 4 is 17.5 Å². The number of amides is 1. The maximum absolute atomic E-state index is 13.6. The zero-order valence-corrected chi connectivity index (χ0v) is 12.5. The fourth-order valence-electron chi connectivity index (χ4n) is 1.80. The molecule has 0 radical (unpaired) electrons. The molecule has 118 valence electrons. The predicted molar refractivity (Wildman–Crippen MR) is 74.0 cm³/mol. The zero-order chi connectivity index (χ0) is 16.2. The second kappa shape index (κ2) is 7.02. The van der Waals surface area contributed by atoms with Gasteiger partial charge in [-0.1, -0.05) is 13.8 Å². The molecule has 0 saturated carbocycles. The summed E-state index contributed by atoms with van der Waals surface area (Å²) in [6.45, 7) is 3.99. The van der Waals surface area contributed by atoms with Crippen LogP contribution in [0.3, 0.4) is 0 Å². The number of alkyl halides is 1. The first-order chi connectivity index (χ1) is 9.69. The summed E-state index contributed by atoms with van der Waals surface area (Å²) in [6, 6.07) is 0.422. The average molecular weight is 324 g/mol. The van der Waals surface area contributed by atoms with Crippen molar-refractivity contribution in [3.8, 4) is 5.75 Å². The van der Waals surface area contributed by atoms with Crippen molar-refractivity contribution in [2.75, 3.05) is 12.4 Å². The first-order valence-corrected chi connectivity index (χ1v) is 6.93. The van der Waals surface area contributed by atoms with Crippen LogP contribution in [0.4, 0.5) is 13.2 Å². The number of benzene rings is 1. The van der Waals surface area contributed by atoms with E-state index in [0.717, 1.165) is 12.8 Å². The lowest BCUT2D eigenvalue weighted by molar-refractivity contribution is 0.0928. The Balaban J connectivity index is 2.82. The Labute approximate surface area is 126 Å². The molecule has 0 aliphatic carbocycles. The molecule has 7 heteroatoms. The van der Waals surface area contributed by atoms with E-state index < -0.39 is 34.7 Å². The van der Waals surface area contributed by atoms with Crippen LogP contribution in [-0.2, 0) is 0 Å². The maximum Gasteiger partial charge on any atom is 0.254 e. The molecule has 21 heavy (non-hydrogen) atoms. The molecule has 0 heterocycles. The standard InChI is InChI=1S/C14H17ClF3NO2/c1-14(2,4-3-5-15)7-19-13(21)8-6-9(16)11(18)12(20)10(8)17/h6,20H,3-5,7H2,1-2H3,(H,19,21). The van der Waals surface area contributed by atoms with E-state index in [1.54, 1.807) is 0 Å². The lowest BCUT2D eigenvalue weighted by atomic mass is 9.88. The van der Waals surface area contributed by atoms with Gasteiger partial charge >= 0.3 is 0 Å². The van der Waals surface area contributed by atoms with Gasteiger partial charge < -0.3 is 10.4 Å². The van der Waals surface area contributed by atoms with Gasteiger partial charge in [-0.3, -0.25) is 4.79 Å². The summed E-state index contributed by atoms with van der Waals surface area (Å²) < 4.78 is 39.6. The van der Waals surface area contributed by atoms with Crippen molar-refractivity contribution < 1.29 is 23.1 Å². The highest BCUT2D eigenvalue weighted by molar-refractivity contribution is 6.17. The van der Waals surface area contributed by atoms with Crippen LogP contribution >= 0.6 is 11.6 Å². The van der Waals surface area contributed by atoms with Crippen LogP contribution in [0.15, 0.2) is 6.07 Å². The van der Waals surface area contributed by atoms with Gasteiger partial charge in [0.2, 0.25) is 5.82 Å². The number of phenols is 1. The van der Waals surface area contributed by atoms with Gasteiger partial charge in [-0.2, -0.15) is 4.39 Å². The predicted octanol–water partition coefficient (Wildman–Crippen LogP) is 3.58. The number of phenolic OH excluding ortho intramolecular Hbond substituents is 1. The molecule has 0 fully saturated rings. The fourth-order valence-corrected chi connectivity index (χ4v) is 1.94. The van der Waals surface area contributed by atoms with Gasteiger partial charge in [0.1, 0.15) is 0 Å². The summed E-state index contributed by atoms with van der Waals surface area (Å²) in [5, 5.41) is 11.5. The van der Waals surface area contributed by atoms with E-state index in [0.29, 0.717) is 11.9 Å². The maximum atomic E-state index is 13.6. The lowest BCUT2D eigenvalue weighted by Gasteiger charge is -2.24. The van der Waals surface area contributed by atoms with Crippen LogP contribution in [0.2, 0.25) is 0 Å². The van der Waals surface area contributed by atoms with E-state index in [-0.39, 0.29) is 12.0 Å². The molecule has 1 rings (SSSR count). The van der Waals surface area contributed by atoms with Gasteiger partial charge in [-0.25, -0.2) is 8.78 Å². The lowest BCUT2D eigenvalue weighted by Crippen LogP contribution is -2.34. The molecular formula is C14H17ClF3NO2. The molecule has 0 aromatic heterocycles. The monoisotopic (exact) mass is 323 g/mol. The SMILES string of the molecule is CC(C)(CCCCl)CNC(=O)c1cc(F)c(F)c(O)c1F. The van der Waals surface area contributed by atoms with E-state index in [1.165, 1.54) is 0 Å². The smallest absolute Gasteiger partial charge is 0.254 e. The van der Waals surface area contributed by atoms with Crippen LogP contribution in [-0.4, -0.2) is 23.4 Å². The largest absolute Gasteiger partial charge is 0.503 e. The normalized spacial score (nSPS) is 11.5. The van der Waals surface area contributed by atoms with Gasteiger partial charge in [0.25, 0.3) is 5.91 Å². The Bertz CT molecular complexity index is 535. The summed E-state index contributed by atoms with van der Waals surface area (Å²) in [4.78, 5) is 11.8. The summed E-state index contributed by atoms with van der Waals surface area (Å²) in [5.41, 5.74) is -1.01. The number of hydrogen-bond donors (Lipinski definition) is 2. The number of nitrogens with one attached hydrogen (secondary N) is 1. The highest BCUT2D eigenvalue weighted by atomic mass is 35.5. The molecule has 2 N–H and O–H groups in total. The van der Waals surface area contributed by atoms with E-state index in [1.807, 2.05) is 13.8 Å². The number of aromatic hydroxyl groups is 1. The van der Waals surface area contributed by atoms with Crippen molar-refractivity contribution in [3.05, 3.63) is 29.1 Å². The zero-order valence-electron chi connectivity index (χ0n) is 11.8. The van der Waals surface area contributed by atoms with Crippen LogP contribution in [0.25, 0.3) is 0 Å². The molecule has 1 amide bonds. The first-order valence-electron chi connectivity index (χ1n) is 6.40. The minimum Gasteiger partial charge on any atom is -0.503 e. The molecule has 0 aliphatic rings. The van der Waals surface area contributed by atoms with Gasteiger partial charge in [0.05, 0.1) is 5.56 Å². The minimum absolute atomic E-state index is 0.210. The average Bonchev–Trinajstić information content (AvgIpc) is 2.44. The molecule has 1 aromatic carbocycles. The third kappa shape index (κ3) is 4.52. The molecule has 0 aliphatic heterocycles. The molecule has 0 bridgehead atoms. The van der Waals surface area contributed by atoms with Gasteiger partial charge in [-0.05, 0) is 24.3 Å². The van der Waals surface area contributed by atoms with E-state index in [2.05, 4.69) is 5.32 Å². The van der Waals surface area contributed by atoms with Crippen LogP contribution in [0.5, 0.6) is 5.75 Å². The van der Waals surface area contributed by atoms with E-state index >= 15 is 0 Å². The highest BCUT2D eigenvalue weighted by Crippen LogP contribution is 2.26. The van der Waals surface area contributed by atoms with Gasteiger partial charge in [0.15, 0.2) is 17.4 Å². The number of hydrogen-bond acceptors (Lipinski definition) is 2. The van der Waals surface area contributed by atoms with E-state index in [4.69, 9.17) is 16.7 Å². The second-order valence-electron chi connectivity index (χ2n) is 5.52. The molecular weight excluding hydrogens is 307 g/mol. The summed E-state index contributed by atoms with van der Waals surface area (Å²) in [5.74, 6) is -6.61. The Morgan fingerprint density at radius 2 is 1.95 bits per heavy atom. The second-order valence-corrected chi connectivity index (χ2v) is 5.90. The van der Waals surface area contributed by atoms with Crippen LogP contribution in [0.1, 0.15) is 37.0 Å². The van der Waals surface area contributed by atoms with Gasteiger partial charge in [-0.15, -0.1) is 11.6 Å². The number of halogens is 4. The molecule has 1 aromatic rings.